The van der Waals surface area contributed by atoms with Gasteiger partial charge in [0.2, 0.25) is 11.8 Å². The van der Waals surface area contributed by atoms with Crippen molar-refractivity contribution in [3.63, 3.8) is 0 Å². The van der Waals surface area contributed by atoms with Crippen molar-refractivity contribution in [2.75, 3.05) is 13.2 Å². The second-order valence-electron chi connectivity index (χ2n) is 9.61. The van der Waals surface area contributed by atoms with Gasteiger partial charge in [-0.1, -0.05) is 32.1 Å². The molecule has 14 heteroatoms. The van der Waals surface area contributed by atoms with Gasteiger partial charge in [0.05, 0.1) is 13.2 Å². The maximum absolute atomic E-state index is 12.1. The van der Waals surface area contributed by atoms with Crippen LogP contribution in [-0.2, 0) is 19.1 Å². The van der Waals surface area contributed by atoms with Crippen LogP contribution in [0, 0.1) is 0 Å². The Balaban J connectivity index is 1.51. The van der Waals surface area contributed by atoms with Gasteiger partial charge in [-0.15, -0.1) is 0 Å². The van der Waals surface area contributed by atoms with Gasteiger partial charge in [0.1, 0.15) is 48.8 Å². The highest BCUT2D eigenvalue weighted by atomic mass is 16.6. The van der Waals surface area contributed by atoms with Crippen molar-refractivity contribution < 1.29 is 59.9 Å². The van der Waals surface area contributed by atoms with E-state index in [1.54, 1.807) is 0 Å². The van der Waals surface area contributed by atoms with E-state index in [-0.39, 0.29) is 24.7 Å². The molecule has 2 rings (SSSR count). The molecule has 0 aromatic rings. The Kier molecular flexibility index (Phi) is 13.6. The molecule has 0 aromatic heterocycles. The van der Waals surface area contributed by atoms with Crippen molar-refractivity contribution in [1.82, 2.24) is 10.6 Å². The predicted octanol–water partition coefficient (Wildman–Crippen LogP) is -3.67. The van der Waals surface area contributed by atoms with E-state index < -0.39 is 74.5 Å². The van der Waals surface area contributed by atoms with E-state index >= 15 is 0 Å². The molecular weight excluding hydrogens is 496 g/mol. The maximum atomic E-state index is 12.1. The Morgan fingerprint density at radius 3 is 1.16 bits per heavy atom. The van der Waals surface area contributed by atoms with Crippen molar-refractivity contribution in [2.24, 2.45) is 0 Å². The summed E-state index contributed by atoms with van der Waals surface area (Å²) in [5, 5.41) is 82.2. The normalized spacial score (nSPS) is 36.2. The van der Waals surface area contributed by atoms with Crippen LogP contribution in [0.3, 0.4) is 0 Å². The maximum Gasteiger partial charge on any atom is 0.222 e. The van der Waals surface area contributed by atoms with Crippen LogP contribution < -0.4 is 10.6 Å². The first kappa shape index (κ1) is 31.8. The summed E-state index contributed by atoms with van der Waals surface area (Å²) < 4.78 is 10.5. The molecule has 0 saturated carbocycles. The molecule has 0 unspecified atom stereocenters. The fourth-order valence-corrected chi connectivity index (χ4v) is 4.36. The molecule has 2 aliphatic rings. The second-order valence-corrected chi connectivity index (χ2v) is 9.61. The van der Waals surface area contributed by atoms with Crippen LogP contribution in [-0.4, -0.2) is 127 Å². The third-order valence-electron chi connectivity index (χ3n) is 6.70. The molecule has 0 aromatic carbocycles. The van der Waals surface area contributed by atoms with Gasteiger partial charge in [-0.05, 0) is 12.8 Å². The lowest BCUT2D eigenvalue weighted by atomic mass is 9.98. The van der Waals surface area contributed by atoms with Crippen LogP contribution in [0.1, 0.15) is 57.8 Å². The number of carbonyl (C=O) groups excluding carboxylic acids is 2. The van der Waals surface area contributed by atoms with Crippen molar-refractivity contribution in [3.05, 3.63) is 0 Å². The monoisotopic (exact) mass is 538 g/mol. The Morgan fingerprint density at radius 1 is 0.514 bits per heavy atom. The van der Waals surface area contributed by atoms with Gasteiger partial charge < -0.3 is 61.0 Å². The first-order valence-electron chi connectivity index (χ1n) is 12.8. The fraction of sp³-hybridized carbons (Fsp3) is 0.913. The van der Waals surface area contributed by atoms with E-state index in [2.05, 4.69) is 10.6 Å². The van der Waals surface area contributed by atoms with Crippen molar-refractivity contribution in [2.45, 2.75) is 119 Å². The van der Waals surface area contributed by atoms with Gasteiger partial charge in [0.15, 0.2) is 12.5 Å². The van der Waals surface area contributed by atoms with Gasteiger partial charge in [0.25, 0.3) is 0 Å². The van der Waals surface area contributed by atoms with Gasteiger partial charge in [-0.3, -0.25) is 9.59 Å². The molecule has 10 atom stereocenters. The lowest BCUT2D eigenvalue weighted by Gasteiger charge is -2.40. The molecule has 37 heavy (non-hydrogen) atoms. The molecule has 0 spiro atoms. The average molecular weight is 539 g/mol. The van der Waals surface area contributed by atoms with E-state index in [9.17, 15) is 50.4 Å². The molecule has 10 N–H and O–H groups in total. The fourth-order valence-electron chi connectivity index (χ4n) is 4.36. The molecular formula is C23H42N2O12. The van der Waals surface area contributed by atoms with E-state index in [1.807, 2.05) is 0 Å². The number of ether oxygens (including phenoxy) is 2. The predicted molar refractivity (Wildman–Crippen MR) is 125 cm³/mol. The van der Waals surface area contributed by atoms with Crippen molar-refractivity contribution in [3.8, 4) is 0 Å². The zero-order valence-corrected chi connectivity index (χ0v) is 20.8. The summed E-state index contributed by atoms with van der Waals surface area (Å²) in [5.41, 5.74) is 0. The molecule has 2 amide bonds. The number of rotatable bonds is 14. The summed E-state index contributed by atoms with van der Waals surface area (Å²) in [5.74, 6) is -0.760. The largest absolute Gasteiger partial charge is 0.394 e. The third-order valence-corrected chi connectivity index (χ3v) is 6.70. The summed E-state index contributed by atoms with van der Waals surface area (Å²) in [4.78, 5) is 24.2. The highest BCUT2D eigenvalue weighted by Gasteiger charge is 2.44. The van der Waals surface area contributed by atoms with Gasteiger partial charge in [-0.2, -0.15) is 0 Å². The number of unbranched alkanes of at least 4 members (excludes halogenated alkanes) is 6. The van der Waals surface area contributed by atoms with Gasteiger partial charge in [-0.25, -0.2) is 0 Å². The zero-order chi connectivity index (χ0) is 27.5. The quantitative estimate of drug-likeness (QED) is 0.0963. The second kappa shape index (κ2) is 15.8. The van der Waals surface area contributed by atoms with E-state index in [4.69, 9.17) is 9.47 Å². The first-order valence-corrected chi connectivity index (χ1v) is 12.8. The number of hydrogen-bond donors (Lipinski definition) is 10. The van der Waals surface area contributed by atoms with Crippen LogP contribution in [0.25, 0.3) is 0 Å². The summed E-state index contributed by atoms with van der Waals surface area (Å²) in [6.45, 7) is -1.14. The van der Waals surface area contributed by atoms with Crippen LogP contribution in [0.5, 0.6) is 0 Å². The molecule has 2 saturated heterocycles. The number of nitrogens with one attached hydrogen (secondary N) is 2. The highest BCUT2D eigenvalue weighted by molar-refractivity contribution is 5.76. The summed E-state index contributed by atoms with van der Waals surface area (Å²) >= 11 is 0. The van der Waals surface area contributed by atoms with Crippen molar-refractivity contribution in [1.29, 1.82) is 0 Å². The SMILES string of the molecule is O=C(CCCCCCCCCC(=O)N[C@@H]1O[C@H](CO)[C@@H](O)[C@H](O)[C@H]1O)N[C@@H]1O[C@H](CO)[C@@H](O)[C@H](O)[C@H]1O. The minimum atomic E-state index is -1.55. The molecule has 2 heterocycles. The Morgan fingerprint density at radius 2 is 0.838 bits per heavy atom. The lowest BCUT2D eigenvalue weighted by Crippen LogP contribution is -2.63. The van der Waals surface area contributed by atoms with Crippen LogP contribution in [0.15, 0.2) is 0 Å². The summed E-state index contributed by atoms with van der Waals surface area (Å²) in [6.07, 6.45) is -7.86. The summed E-state index contributed by atoms with van der Waals surface area (Å²) in [7, 11) is 0. The number of aliphatic hydroxyl groups excluding tert-OH is 8. The molecule has 2 fully saturated rings. The zero-order valence-electron chi connectivity index (χ0n) is 20.8. The Bertz CT molecular complexity index is 641. The van der Waals surface area contributed by atoms with Crippen molar-refractivity contribution >= 4 is 11.8 Å². The van der Waals surface area contributed by atoms with Crippen LogP contribution in [0.4, 0.5) is 0 Å². The highest BCUT2D eigenvalue weighted by Crippen LogP contribution is 2.21. The lowest BCUT2D eigenvalue weighted by molar-refractivity contribution is -0.236. The molecule has 216 valence electrons. The smallest absolute Gasteiger partial charge is 0.222 e. The Hall–Kier alpha value is -1.46. The molecule has 0 aliphatic carbocycles. The van der Waals surface area contributed by atoms with E-state index in [1.165, 1.54) is 0 Å². The summed E-state index contributed by atoms with van der Waals surface area (Å²) in [6, 6.07) is 0. The average Bonchev–Trinajstić information content (AvgIpc) is 2.88. The molecule has 2 aliphatic heterocycles. The molecule has 0 bridgehead atoms. The van der Waals surface area contributed by atoms with Gasteiger partial charge in [0, 0.05) is 12.8 Å². The van der Waals surface area contributed by atoms with E-state index in [0.29, 0.717) is 12.8 Å². The molecule has 0 radical (unpaired) electrons. The van der Waals surface area contributed by atoms with Gasteiger partial charge >= 0.3 is 0 Å². The molecule has 14 nitrogen and oxygen atoms in total. The third kappa shape index (κ3) is 9.35. The van der Waals surface area contributed by atoms with Crippen LogP contribution in [0.2, 0.25) is 0 Å². The standard InChI is InChI=1S/C23H42N2O12/c26-10-12-16(30)18(32)20(34)22(36-12)24-14(28)8-6-4-2-1-3-5-7-9-15(29)25-23-21(35)19(33)17(31)13(11-27)37-23/h12-13,16-23,26-27,30-35H,1-11H2,(H,24,28)(H,25,29)/t12-,13-,16-,17-,18+,19+,20-,21-,22-,23-/m1/s1. The first-order chi connectivity index (χ1) is 17.6. The minimum absolute atomic E-state index is 0.188. The number of amides is 2. The number of carbonyl (C=O) groups is 2. The minimum Gasteiger partial charge on any atom is -0.394 e. The number of aliphatic hydroxyl groups is 8. The van der Waals surface area contributed by atoms with E-state index in [0.717, 1.165) is 32.1 Å². The number of hydrogen-bond acceptors (Lipinski definition) is 12. The topological polar surface area (TPSA) is 238 Å². The Labute approximate surface area is 215 Å². The van der Waals surface area contributed by atoms with Crippen LogP contribution >= 0.6 is 0 Å².